The quantitative estimate of drug-likeness (QED) is 0.174. The highest BCUT2D eigenvalue weighted by molar-refractivity contribution is 6.09. The molecule has 2 aromatic heterocycles. The lowest BCUT2D eigenvalue weighted by Gasteiger charge is -2.43. The smallest absolute Gasteiger partial charge is 0.160 e. The fraction of sp³-hybridized carbons (Fsp3) is 0.0508. The Labute approximate surface area is 365 Å². The normalized spacial score (nSPS) is 17.9. The molecule has 8 aromatic carbocycles. The maximum absolute atomic E-state index is 6.87. The van der Waals surface area contributed by atoms with Gasteiger partial charge in [0.2, 0.25) is 0 Å². The van der Waals surface area contributed by atoms with Crippen LogP contribution >= 0.6 is 0 Å². The Morgan fingerprint density at radius 2 is 1.08 bits per heavy atom. The van der Waals surface area contributed by atoms with Gasteiger partial charge in [0.1, 0.15) is 22.7 Å². The lowest BCUT2D eigenvalue weighted by atomic mass is 9.62. The third-order valence-corrected chi connectivity index (χ3v) is 13.5. The molecule has 3 heterocycles. The number of allylic oxidation sites excluding steroid dienone is 4. The van der Waals surface area contributed by atoms with Gasteiger partial charge >= 0.3 is 0 Å². The van der Waals surface area contributed by atoms with Gasteiger partial charge in [0, 0.05) is 56.0 Å². The van der Waals surface area contributed by atoms with Crippen molar-refractivity contribution in [2.45, 2.75) is 11.3 Å². The van der Waals surface area contributed by atoms with Gasteiger partial charge in [-0.05, 0) is 58.1 Å². The first-order valence-corrected chi connectivity index (χ1v) is 21.6. The molecule has 0 fully saturated rings. The number of furan rings is 1. The van der Waals surface area contributed by atoms with Gasteiger partial charge < -0.3 is 9.15 Å². The fourth-order valence-electron chi connectivity index (χ4n) is 10.7. The molecular weight excluding hydrogens is 769 g/mol. The van der Waals surface area contributed by atoms with Crippen LogP contribution < -0.4 is 4.74 Å². The number of ether oxygens (including phenoxy) is 1. The summed E-state index contributed by atoms with van der Waals surface area (Å²) in [7, 11) is 0. The molecule has 3 aliphatic rings. The molecule has 0 saturated carbocycles. The SMILES string of the molecule is C1=CC2c3ccccc3C3(c4ccccc4Oc4cc(-c5cccc(-c6cc(-c7ccc(-c8cccc9c8oc8ccccc89)cc7)nc(-c7ccccc7)n6)c5)ccc43)C2C=C1. The Bertz CT molecular complexity index is 3510. The first-order valence-electron chi connectivity index (χ1n) is 21.6. The van der Waals surface area contributed by atoms with Crippen LogP contribution in [0.5, 0.6) is 11.5 Å². The van der Waals surface area contributed by atoms with Crippen LogP contribution in [-0.4, -0.2) is 9.97 Å². The van der Waals surface area contributed by atoms with E-state index in [1.165, 1.54) is 22.3 Å². The summed E-state index contributed by atoms with van der Waals surface area (Å²) < 4.78 is 13.3. The van der Waals surface area contributed by atoms with E-state index in [9.17, 15) is 0 Å². The second-order valence-corrected chi connectivity index (χ2v) is 16.8. The highest BCUT2D eigenvalue weighted by Crippen LogP contribution is 2.64. The molecule has 3 atom stereocenters. The van der Waals surface area contributed by atoms with Crippen molar-refractivity contribution in [2.75, 3.05) is 0 Å². The van der Waals surface area contributed by atoms with Gasteiger partial charge in [-0.3, -0.25) is 0 Å². The van der Waals surface area contributed by atoms with E-state index in [1.807, 2.05) is 30.3 Å². The summed E-state index contributed by atoms with van der Waals surface area (Å²) in [5.74, 6) is 3.00. The van der Waals surface area contributed by atoms with E-state index in [1.54, 1.807) is 0 Å². The van der Waals surface area contributed by atoms with Crippen LogP contribution in [0, 0.1) is 5.92 Å². The van der Waals surface area contributed by atoms with Gasteiger partial charge in [0.25, 0.3) is 0 Å². The second-order valence-electron chi connectivity index (χ2n) is 16.8. The summed E-state index contributed by atoms with van der Waals surface area (Å²) >= 11 is 0. The minimum Gasteiger partial charge on any atom is -0.457 e. The number of benzene rings is 8. The molecule has 4 nitrogen and oxygen atoms in total. The van der Waals surface area contributed by atoms with Gasteiger partial charge in [0.05, 0.1) is 16.8 Å². The lowest BCUT2D eigenvalue weighted by Crippen LogP contribution is -2.37. The highest BCUT2D eigenvalue weighted by atomic mass is 16.5. The molecular formula is C59H38N2O2. The zero-order valence-corrected chi connectivity index (χ0v) is 34.2. The second kappa shape index (κ2) is 14.0. The van der Waals surface area contributed by atoms with Crippen LogP contribution in [-0.2, 0) is 5.41 Å². The predicted molar refractivity (Wildman–Crippen MR) is 254 cm³/mol. The standard InChI is InChI=1S/C59H38N2O2/c1-2-14-39(15-3-1)58-60-52(38-30-28-37(29-31-38)43-21-13-22-47-46-20-6-10-26-54(46)63-57(43)47)36-53(61-58)42-17-12-16-40(34-42)41-32-33-51-56(35-41)62-55-27-11-9-25-50(55)59(51)48-23-7-4-18-44(48)45-19-5-8-24-49(45)59/h1-36,44,48H. The van der Waals surface area contributed by atoms with Crippen molar-refractivity contribution in [2.24, 2.45) is 5.92 Å². The predicted octanol–water partition coefficient (Wildman–Crippen LogP) is 15.0. The zero-order valence-electron chi connectivity index (χ0n) is 34.2. The highest BCUT2D eigenvalue weighted by Gasteiger charge is 2.56. The van der Waals surface area contributed by atoms with Crippen LogP contribution in [0.25, 0.3) is 78.1 Å². The number of aromatic nitrogens is 2. The summed E-state index contributed by atoms with van der Waals surface area (Å²) in [5.41, 5.74) is 15.6. The van der Waals surface area contributed by atoms with Crippen molar-refractivity contribution in [3.8, 4) is 67.7 Å². The van der Waals surface area contributed by atoms with E-state index in [-0.39, 0.29) is 17.3 Å². The van der Waals surface area contributed by atoms with Crippen LogP contribution in [0.3, 0.4) is 0 Å². The molecule has 0 saturated heterocycles. The van der Waals surface area contributed by atoms with Gasteiger partial charge in [-0.25, -0.2) is 9.97 Å². The molecule has 296 valence electrons. The lowest BCUT2D eigenvalue weighted by molar-refractivity contribution is 0.374. The molecule has 13 rings (SSSR count). The molecule has 2 aliphatic carbocycles. The third-order valence-electron chi connectivity index (χ3n) is 13.5. The van der Waals surface area contributed by atoms with E-state index in [2.05, 4.69) is 188 Å². The Hall–Kier alpha value is -8.08. The molecule has 0 radical (unpaired) electrons. The number of hydrogen-bond donors (Lipinski definition) is 0. The van der Waals surface area contributed by atoms with Crippen molar-refractivity contribution in [3.05, 3.63) is 241 Å². The van der Waals surface area contributed by atoms with Gasteiger partial charge in [-0.15, -0.1) is 0 Å². The minimum atomic E-state index is -0.378. The molecule has 0 bridgehead atoms. The largest absolute Gasteiger partial charge is 0.457 e. The zero-order chi connectivity index (χ0) is 41.5. The Morgan fingerprint density at radius 1 is 0.429 bits per heavy atom. The third kappa shape index (κ3) is 5.48. The summed E-state index contributed by atoms with van der Waals surface area (Å²) in [5, 5.41) is 2.24. The maximum Gasteiger partial charge on any atom is 0.160 e. The van der Waals surface area contributed by atoms with E-state index < -0.39 is 0 Å². The number of rotatable bonds is 5. The van der Waals surface area contributed by atoms with E-state index in [4.69, 9.17) is 19.1 Å². The first kappa shape index (κ1) is 35.7. The Balaban J connectivity index is 0.899. The van der Waals surface area contributed by atoms with Crippen molar-refractivity contribution in [1.29, 1.82) is 0 Å². The topological polar surface area (TPSA) is 48.2 Å². The molecule has 63 heavy (non-hydrogen) atoms. The monoisotopic (exact) mass is 806 g/mol. The molecule has 4 heteroatoms. The van der Waals surface area contributed by atoms with Gasteiger partial charge in [0.15, 0.2) is 5.82 Å². The Morgan fingerprint density at radius 3 is 1.98 bits per heavy atom. The molecule has 3 unspecified atom stereocenters. The van der Waals surface area contributed by atoms with Crippen molar-refractivity contribution < 1.29 is 9.15 Å². The average Bonchev–Trinajstić information content (AvgIpc) is 3.88. The number of nitrogens with zero attached hydrogens (tertiary/aromatic N) is 2. The summed E-state index contributed by atoms with van der Waals surface area (Å²) in [4.78, 5) is 10.3. The summed E-state index contributed by atoms with van der Waals surface area (Å²) in [6.07, 6.45) is 9.19. The average molecular weight is 807 g/mol. The van der Waals surface area contributed by atoms with Crippen LogP contribution in [0.4, 0.5) is 0 Å². The molecule has 10 aromatic rings. The number of para-hydroxylation sites is 3. The van der Waals surface area contributed by atoms with Gasteiger partial charge in [-0.2, -0.15) is 0 Å². The maximum atomic E-state index is 6.87. The van der Waals surface area contributed by atoms with Crippen LogP contribution in [0.2, 0.25) is 0 Å². The number of hydrogen-bond acceptors (Lipinski definition) is 4. The molecule has 1 aliphatic heterocycles. The van der Waals surface area contributed by atoms with E-state index in [0.717, 1.165) is 83.8 Å². The first-order chi connectivity index (χ1) is 31.2. The molecule has 0 N–H and O–H groups in total. The number of fused-ring (bicyclic) bond motifs is 12. The van der Waals surface area contributed by atoms with E-state index >= 15 is 0 Å². The van der Waals surface area contributed by atoms with Gasteiger partial charge in [-0.1, -0.05) is 188 Å². The minimum absolute atomic E-state index is 0.228. The van der Waals surface area contributed by atoms with Crippen LogP contribution in [0.1, 0.15) is 28.2 Å². The van der Waals surface area contributed by atoms with Crippen molar-refractivity contribution >= 4 is 21.9 Å². The fourth-order valence-corrected chi connectivity index (χ4v) is 10.7. The van der Waals surface area contributed by atoms with Crippen LogP contribution in [0.15, 0.2) is 223 Å². The molecule has 0 amide bonds. The van der Waals surface area contributed by atoms with E-state index in [0.29, 0.717) is 5.82 Å². The molecule has 1 spiro atoms. The van der Waals surface area contributed by atoms with Crippen molar-refractivity contribution in [3.63, 3.8) is 0 Å². The van der Waals surface area contributed by atoms with Crippen molar-refractivity contribution in [1.82, 2.24) is 9.97 Å². The summed E-state index contributed by atoms with van der Waals surface area (Å²) in [6, 6.07) is 68.6. The summed E-state index contributed by atoms with van der Waals surface area (Å²) in [6.45, 7) is 0. The Kier molecular flexibility index (Phi) is 7.91.